The average molecular weight is 487 g/mol. The number of aliphatic hydroxyl groups excluding tert-OH is 1. The van der Waals surface area contributed by atoms with Gasteiger partial charge in [0.2, 0.25) is 5.91 Å². The Kier molecular flexibility index (Phi) is 6.84. The second kappa shape index (κ2) is 9.38. The molecule has 6 atom stereocenters. The molecule has 184 valence electrons. The average Bonchev–Trinajstić information content (AvgIpc) is 3.45. The van der Waals surface area contributed by atoms with E-state index in [0.717, 1.165) is 23.2 Å². The van der Waals surface area contributed by atoms with E-state index in [1.54, 1.807) is 41.5 Å². The number of anilines is 1. The highest BCUT2D eigenvalue weighted by Crippen LogP contribution is 2.67. The van der Waals surface area contributed by atoms with Crippen LogP contribution < -0.4 is 4.90 Å². The van der Waals surface area contributed by atoms with E-state index in [9.17, 15) is 19.5 Å². The molecule has 7 nitrogen and oxygen atoms in total. The smallest absolute Gasteiger partial charge is 0.310 e. The summed E-state index contributed by atoms with van der Waals surface area (Å²) in [7, 11) is 0. The van der Waals surface area contributed by atoms with Crippen molar-refractivity contribution >= 4 is 35.2 Å². The SMILES string of the molecule is C=CCN(C(=O)C1N([C@H](C)CO)C(=O)[C@@H]2[C@H](C(=O)OCC)[C@@H]3CCC12S3)c1c(C)cccc1C. The number of ether oxygens (including phenoxy) is 1. The molecule has 3 heterocycles. The molecule has 3 aliphatic heterocycles. The molecule has 2 unspecified atom stereocenters. The maximum absolute atomic E-state index is 14.4. The summed E-state index contributed by atoms with van der Waals surface area (Å²) in [6, 6.07) is 4.56. The molecule has 1 spiro atoms. The number of amides is 2. The highest BCUT2D eigenvalue weighted by atomic mass is 32.2. The summed E-state index contributed by atoms with van der Waals surface area (Å²) in [5.41, 5.74) is 2.74. The summed E-state index contributed by atoms with van der Waals surface area (Å²) in [4.78, 5) is 44.5. The standard InChI is InChI=1S/C26H34N2O5S/c1-6-13-27(21-15(3)9-8-10-16(21)4)24(31)22-26-12-11-18(34-26)19(25(32)33-7-2)20(26)23(30)28(22)17(5)14-29/h6,8-10,17-20,22,29H,1,7,11-14H2,2-5H3/t17-,18+,19-,20+,22?,26?/m1/s1. The highest BCUT2D eigenvalue weighted by molar-refractivity contribution is 8.02. The number of rotatable bonds is 8. The minimum absolute atomic E-state index is 0.0389. The number of benzene rings is 1. The van der Waals surface area contributed by atoms with Gasteiger partial charge in [0.15, 0.2) is 0 Å². The molecule has 0 aliphatic carbocycles. The molecular weight excluding hydrogens is 452 g/mol. The van der Waals surface area contributed by atoms with Gasteiger partial charge in [0.25, 0.3) is 5.91 Å². The predicted molar refractivity (Wildman–Crippen MR) is 133 cm³/mol. The van der Waals surface area contributed by atoms with Crippen molar-refractivity contribution in [3.05, 3.63) is 42.0 Å². The minimum atomic E-state index is -0.777. The first kappa shape index (κ1) is 24.8. The number of nitrogens with zero attached hydrogens (tertiary/aromatic N) is 2. The van der Waals surface area contributed by atoms with E-state index in [1.807, 2.05) is 32.0 Å². The summed E-state index contributed by atoms with van der Waals surface area (Å²) >= 11 is 1.60. The molecule has 3 aliphatic rings. The predicted octanol–water partition coefficient (Wildman–Crippen LogP) is 2.86. The van der Waals surface area contributed by atoms with Gasteiger partial charge in [-0.1, -0.05) is 24.3 Å². The first-order valence-electron chi connectivity index (χ1n) is 12.0. The second-order valence-corrected chi connectivity index (χ2v) is 11.2. The van der Waals surface area contributed by atoms with Crippen LogP contribution in [0.4, 0.5) is 5.69 Å². The van der Waals surface area contributed by atoms with Crippen LogP contribution in [0.3, 0.4) is 0 Å². The lowest BCUT2D eigenvalue weighted by atomic mass is 9.71. The van der Waals surface area contributed by atoms with Crippen LogP contribution in [0.2, 0.25) is 0 Å². The van der Waals surface area contributed by atoms with Crippen LogP contribution in [0.1, 0.15) is 37.8 Å². The molecule has 3 saturated heterocycles. The second-order valence-electron chi connectivity index (χ2n) is 9.56. The quantitative estimate of drug-likeness (QED) is 0.449. The summed E-state index contributed by atoms with van der Waals surface area (Å²) in [5.74, 6) is -1.96. The number of likely N-dealkylation sites (tertiary alicyclic amines) is 1. The molecule has 0 aromatic heterocycles. The molecule has 0 radical (unpaired) electrons. The summed E-state index contributed by atoms with van der Waals surface area (Å²) < 4.78 is 4.64. The number of carbonyl (C=O) groups excluding carboxylic acids is 3. The van der Waals surface area contributed by atoms with E-state index >= 15 is 0 Å². The van der Waals surface area contributed by atoms with Crippen LogP contribution >= 0.6 is 11.8 Å². The van der Waals surface area contributed by atoms with Gasteiger partial charge in [-0.05, 0) is 51.7 Å². The molecule has 3 fully saturated rings. The number of hydrogen-bond acceptors (Lipinski definition) is 6. The largest absolute Gasteiger partial charge is 0.466 e. The molecule has 2 amide bonds. The monoisotopic (exact) mass is 486 g/mol. The molecule has 8 heteroatoms. The van der Waals surface area contributed by atoms with E-state index in [2.05, 4.69) is 6.58 Å². The zero-order chi connectivity index (χ0) is 24.8. The van der Waals surface area contributed by atoms with Gasteiger partial charge in [0.1, 0.15) is 6.04 Å². The van der Waals surface area contributed by atoms with Crippen LogP contribution in [0.25, 0.3) is 0 Å². The number of carbonyl (C=O) groups is 3. The van der Waals surface area contributed by atoms with Crippen molar-refractivity contribution in [3.63, 3.8) is 0 Å². The summed E-state index contributed by atoms with van der Waals surface area (Å²) in [6.07, 6.45) is 3.12. The van der Waals surface area contributed by atoms with E-state index < -0.39 is 28.7 Å². The molecule has 1 aromatic rings. The first-order chi connectivity index (χ1) is 16.2. The first-order valence-corrected chi connectivity index (χ1v) is 12.9. The van der Waals surface area contributed by atoms with Gasteiger partial charge in [0, 0.05) is 17.5 Å². The Bertz CT molecular complexity index is 993. The van der Waals surface area contributed by atoms with Crippen molar-refractivity contribution in [1.29, 1.82) is 0 Å². The van der Waals surface area contributed by atoms with Crippen molar-refractivity contribution in [3.8, 4) is 0 Å². The van der Waals surface area contributed by atoms with Crippen LogP contribution in [-0.2, 0) is 19.1 Å². The third kappa shape index (κ3) is 3.57. The molecule has 1 N–H and O–H groups in total. The molecule has 2 bridgehead atoms. The lowest BCUT2D eigenvalue weighted by Crippen LogP contribution is -2.57. The fraction of sp³-hybridized carbons (Fsp3) is 0.577. The van der Waals surface area contributed by atoms with Gasteiger partial charge in [-0.25, -0.2) is 0 Å². The number of fused-ring (bicyclic) bond motifs is 1. The number of para-hydroxylation sites is 1. The maximum atomic E-state index is 14.4. The van der Waals surface area contributed by atoms with Gasteiger partial charge in [-0.15, -0.1) is 18.3 Å². The fourth-order valence-electron chi connectivity index (χ4n) is 6.24. The van der Waals surface area contributed by atoms with Crippen LogP contribution in [0, 0.1) is 25.7 Å². The van der Waals surface area contributed by atoms with Gasteiger partial charge in [-0.2, -0.15) is 0 Å². The number of aryl methyl sites for hydroxylation is 2. The third-order valence-electron chi connectivity index (χ3n) is 7.56. The topological polar surface area (TPSA) is 87.2 Å². The normalized spacial score (nSPS) is 30.3. The van der Waals surface area contributed by atoms with Gasteiger partial charge in [-0.3, -0.25) is 14.4 Å². The Hall–Kier alpha value is -2.32. The van der Waals surface area contributed by atoms with Crippen molar-refractivity contribution in [2.45, 2.75) is 62.6 Å². The number of esters is 1. The zero-order valence-corrected chi connectivity index (χ0v) is 21.1. The molecule has 34 heavy (non-hydrogen) atoms. The number of thioether (sulfide) groups is 1. The Morgan fingerprint density at radius 1 is 1.38 bits per heavy atom. The summed E-state index contributed by atoms with van der Waals surface area (Å²) in [6.45, 7) is 11.6. The van der Waals surface area contributed by atoms with Crippen molar-refractivity contribution < 1.29 is 24.2 Å². The Balaban J connectivity index is 1.83. The van der Waals surface area contributed by atoms with Gasteiger partial charge >= 0.3 is 5.97 Å². The Labute approximate surface area is 205 Å². The van der Waals surface area contributed by atoms with E-state index in [-0.39, 0.29) is 36.2 Å². The highest BCUT2D eigenvalue weighted by Gasteiger charge is 2.74. The van der Waals surface area contributed by atoms with Gasteiger partial charge in [0.05, 0.1) is 35.8 Å². The van der Waals surface area contributed by atoms with Crippen LogP contribution in [-0.4, -0.2) is 69.6 Å². The van der Waals surface area contributed by atoms with Crippen molar-refractivity contribution in [2.24, 2.45) is 11.8 Å². The van der Waals surface area contributed by atoms with Gasteiger partial charge < -0.3 is 19.6 Å². The lowest BCUT2D eigenvalue weighted by Gasteiger charge is -2.39. The Morgan fingerprint density at radius 3 is 2.65 bits per heavy atom. The maximum Gasteiger partial charge on any atom is 0.310 e. The number of hydrogen-bond donors (Lipinski definition) is 1. The van der Waals surface area contributed by atoms with E-state index in [1.165, 1.54) is 0 Å². The fourth-order valence-corrected chi connectivity index (χ4v) is 8.43. The van der Waals surface area contributed by atoms with Crippen LogP contribution in [0.5, 0.6) is 0 Å². The van der Waals surface area contributed by atoms with E-state index in [4.69, 9.17) is 4.74 Å². The molecule has 1 aromatic carbocycles. The minimum Gasteiger partial charge on any atom is -0.466 e. The number of aliphatic hydroxyl groups is 1. The van der Waals surface area contributed by atoms with E-state index in [0.29, 0.717) is 13.0 Å². The Morgan fingerprint density at radius 2 is 2.06 bits per heavy atom. The third-order valence-corrected chi connectivity index (χ3v) is 9.51. The molecular formula is C26H34N2O5S. The molecule has 0 saturated carbocycles. The van der Waals surface area contributed by atoms with Crippen molar-refractivity contribution in [2.75, 3.05) is 24.7 Å². The zero-order valence-electron chi connectivity index (χ0n) is 20.3. The lowest BCUT2D eigenvalue weighted by molar-refractivity contribution is -0.154. The van der Waals surface area contributed by atoms with Crippen molar-refractivity contribution in [1.82, 2.24) is 4.90 Å². The molecule has 4 rings (SSSR count). The summed E-state index contributed by atoms with van der Waals surface area (Å²) in [5, 5.41) is 9.98. The van der Waals surface area contributed by atoms with Crippen LogP contribution in [0.15, 0.2) is 30.9 Å².